The van der Waals surface area contributed by atoms with Crippen molar-refractivity contribution in [3.8, 4) is 0 Å². The van der Waals surface area contributed by atoms with Crippen molar-refractivity contribution in [2.75, 3.05) is 51.9 Å². The van der Waals surface area contributed by atoms with Crippen LogP contribution in [-0.2, 0) is 53.2 Å². The molecule has 21 nitrogen and oxygen atoms in total. The number of carbonyl (C=O) groups excluding carboxylic acids is 5. The maximum atomic E-state index is 12.5. The Morgan fingerprint density at radius 1 is 0.714 bits per heavy atom. The van der Waals surface area contributed by atoms with Gasteiger partial charge in [-0.15, -0.1) is 0 Å². The number of ether oxygens (including phenoxy) is 2. The van der Waals surface area contributed by atoms with Gasteiger partial charge < -0.3 is 57.1 Å². The molecule has 22 heteroatoms. The van der Waals surface area contributed by atoms with Gasteiger partial charge in [-0.25, -0.2) is 9.59 Å². The molecule has 0 aliphatic rings. The predicted octanol–water partition coefficient (Wildman–Crippen LogP) is -4.17. The summed E-state index contributed by atoms with van der Waals surface area (Å²) in [4.78, 5) is 83.0. The first-order valence-corrected chi connectivity index (χ1v) is 17.0. The first-order valence-electron chi connectivity index (χ1n) is 15.4. The Labute approximate surface area is 283 Å². The molecule has 0 saturated heterocycles. The first kappa shape index (κ1) is 45.0. The zero-order chi connectivity index (χ0) is 37.4. The van der Waals surface area contributed by atoms with Gasteiger partial charge in [-0.1, -0.05) is 6.92 Å². The van der Waals surface area contributed by atoms with Crippen molar-refractivity contribution in [1.29, 1.82) is 0 Å². The first-order chi connectivity index (χ1) is 23.0. The van der Waals surface area contributed by atoms with Gasteiger partial charge in [-0.05, 0) is 32.1 Å². The molecule has 0 spiro atoms. The summed E-state index contributed by atoms with van der Waals surface area (Å²) >= 11 is 0. The van der Waals surface area contributed by atoms with Crippen LogP contribution in [0.5, 0.6) is 0 Å². The van der Waals surface area contributed by atoms with Crippen LogP contribution in [0.1, 0.15) is 51.9 Å². The third-order valence-corrected chi connectivity index (χ3v) is 7.09. The van der Waals surface area contributed by atoms with Gasteiger partial charge in [0.15, 0.2) is 0 Å². The van der Waals surface area contributed by atoms with E-state index < -0.39 is 94.7 Å². The standard InChI is InChI=1S/C27H48N6O15S/c1-2-5-22(36)32-20(16-49(44,45)46)25(39)33-19(27(42)43)7-8-21(35)29-10-11-47-12-13-48-15-23(37)31-18(26(40)41)6-3-4-9-30-24(38)17(28)14-34/h17-20,34H,2-16,28H2,1H3,(H,29,35)(H,30,38)(H,31,37)(H,32,36)(H,33,39)(H,40,41)(H,42,43)(H,44,45,46). The van der Waals surface area contributed by atoms with Crippen molar-refractivity contribution in [2.24, 2.45) is 5.73 Å². The van der Waals surface area contributed by atoms with Crippen LogP contribution in [0, 0.1) is 0 Å². The summed E-state index contributed by atoms with van der Waals surface area (Å²) in [6.07, 6.45) is 0.486. The lowest BCUT2D eigenvalue weighted by molar-refractivity contribution is -0.143. The highest BCUT2D eigenvalue weighted by molar-refractivity contribution is 7.85. The van der Waals surface area contributed by atoms with Gasteiger partial charge in [-0.2, -0.15) is 8.42 Å². The molecule has 0 aliphatic heterocycles. The van der Waals surface area contributed by atoms with Crippen molar-refractivity contribution < 1.29 is 71.3 Å². The van der Waals surface area contributed by atoms with Gasteiger partial charge in [-0.3, -0.25) is 28.5 Å². The van der Waals surface area contributed by atoms with E-state index in [-0.39, 0.29) is 58.6 Å². The second kappa shape index (κ2) is 25.1. The number of hydrogen-bond acceptors (Lipinski definition) is 13. The summed E-state index contributed by atoms with van der Waals surface area (Å²) < 4.78 is 42.0. The molecular weight excluding hydrogens is 680 g/mol. The van der Waals surface area contributed by atoms with Crippen molar-refractivity contribution in [2.45, 2.75) is 76.0 Å². The number of rotatable bonds is 28. The number of amides is 5. The van der Waals surface area contributed by atoms with Crippen LogP contribution in [0.3, 0.4) is 0 Å². The number of carbonyl (C=O) groups is 7. The van der Waals surface area contributed by atoms with E-state index in [2.05, 4.69) is 26.6 Å². The third-order valence-electron chi connectivity index (χ3n) is 6.34. The largest absolute Gasteiger partial charge is 0.480 e. The molecule has 0 aromatic carbocycles. The van der Waals surface area contributed by atoms with Crippen LogP contribution in [-0.4, -0.2) is 146 Å². The number of nitrogens with one attached hydrogen (secondary N) is 5. The van der Waals surface area contributed by atoms with Crippen molar-refractivity contribution >= 4 is 51.6 Å². The number of aliphatic hydroxyl groups excluding tert-OH is 1. The minimum Gasteiger partial charge on any atom is -0.480 e. The molecule has 49 heavy (non-hydrogen) atoms. The molecule has 11 N–H and O–H groups in total. The minimum atomic E-state index is -4.71. The molecule has 0 fully saturated rings. The highest BCUT2D eigenvalue weighted by atomic mass is 32.2. The normalized spacial score (nSPS) is 13.6. The number of unbranched alkanes of at least 4 members (excludes halogenated alkanes) is 1. The molecule has 0 aliphatic carbocycles. The van der Waals surface area contributed by atoms with E-state index in [0.29, 0.717) is 19.3 Å². The smallest absolute Gasteiger partial charge is 0.326 e. The van der Waals surface area contributed by atoms with Crippen molar-refractivity contribution in [3.63, 3.8) is 0 Å². The molecule has 282 valence electrons. The lowest BCUT2D eigenvalue weighted by atomic mass is 10.1. The average Bonchev–Trinajstić information content (AvgIpc) is 3.01. The van der Waals surface area contributed by atoms with Crippen LogP contribution in [0.25, 0.3) is 0 Å². The van der Waals surface area contributed by atoms with Gasteiger partial charge >= 0.3 is 11.9 Å². The van der Waals surface area contributed by atoms with E-state index in [4.69, 9.17) is 24.9 Å². The quantitative estimate of drug-likeness (QED) is 0.0270. The average molecular weight is 729 g/mol. The van der Waals surface area contributed by atoms with E-state index in [0.717, 1.165) is 0 Å². The van der Waals surface area contributed by atoms with Crippen LogP contribution in [0.2, 0.25) is 0 Å². The number of carboxylic acids is 2. The number of aliphatic carboxylic acids is 2. The zero-order valence-corrected chi connectivity index (χ0v) is 28.0. The molecular formula is C27H48N6O15S. The van der Waals surface area contributed by atoms with Gasteiger partial charge in [0, 0.05) is 25.9 Å². The molecule has 4 unspecified atom stereocenters. The monoisotopic (exact) mass is 728 g/mol. The van der Waals surface area contributed by atoms with E-state index >= 15 is 0 Å². The van der Waals surface area contributed by atoms with Crippen molar-refractivity contribution in [3.05, 3.63) is 0 Å². The summed E-state index contributed by atoms with van der Waals surface area (Å²) in [5.74, 6) is -7.61. The van der Waals surface area contributed by atoms with Crippen LogP contribution in [0.15, 0.2) is 0 Å². The summed E-state index contributed by atoms with van der Waals surface area (Å²) in [5, 5.41) is 39.0. The number of carboxylic acid groups (broad SMARTS) is 2. The number of nitrogens with two attached hydrogens (primary N) is 1. The highest BCUT2D eigenvalue weighted by Crippen LogP contribution is 2.03. The summed E-state index contributed by atoms with van der Waals surface area (Å²) in [6.45, 7) is 0.946. The maximum Gasteiger partial charge on any atom is 0.326 e. The van der Waals surface area contributed by atoms with E-state index in [1.807, 2.05) is 0 Å². The second-order valence-electron chi connectivity index (χ2n) is 10.6. The topological polar surface area (TPSA) is 339 Å². The molecule has 4 atom stereocenters. The van der Waals surface area contributed by atoms with Crippen LogP contribution >= 0.6 is 0 Å². The fourth-order valence-corrected chi connectivity index (χ4v) is 4.48. The molecule has 5 amide bonds. The Bertz CT molecular complexity index is 1200. The van der Waals surface area contributed by atoms with E-state index in [9.17, 15) is 52.2 Å². The van der Waals surface area contributed by atoms with E-state index in [1.165, 1.54) is 0 Å². The Morgan fingerprint density at radius 2 is 1.33 bits per heavy atom. The zero-order valence-electron chi connectivity index (χ0n) is 27.2. The molecule has 0 aromatic rings. The lowest BCUT2D eigenvalue weighted by Crippen LogP contribution is -2.54. The summed E-state index contributed by atoms with van der Waals surface area (Å²) in [6, 6.07) is -5.59. The molecule has 0 saturated carbocycles. The minimum absolute atomic E-state index is 0.0154. The summed E-state index contributed by atoms with van der Waals surface area (Å²) in [7, 11) is -4.71. The molecule has 0 rings (SSSR count). The summed E-state index contributed by atoms with van der Waals surface area (Å²) in [5.41, 5.74) is 5.36. The SMILES string of the molecule is CCCC(=O)NC(CS(=O)(=O)O)C(=O)NC(CCC(=O)NCCOCCOCC(=O)NC(CCCCNC(=O)C(N)CO)C(=O)O)C(=O)O. The second-order valence-corrected chi connectivity index (χ2v) is 12.1. The van der Waals surface area contributed by atoms with E-state index in [1.54, 1.807) is 6.92 Å². The Morgan fingerprint density at radius 3 is 1.92 bits per heavy atom. The Hall–Kier alpha value is -3.96. The maximum absolute atomic E-state index is 12.5. The molecule has 0 aromatic heterocycles. The fourth-order valence-electron chi connectivity index (χ4n) is 3.82. The fraction of sp³-hybridized carbons (Fsp3) is 0.741. The molecule has 0 bridgehead atoms. The Balaban J connectivity index is 4.33. The lowest BCUT2D eigenvalue weighted by Gasteiger charge is -2.20. The van der Waals surface area contributed by atoms with Crippen molar-refractivity contribution in [1.82, 2.24) is 26.6 Å². The van der Waals surface area contributed by atoms with Gasteiger partial charge in [0.2, 0.25) is 29.5 Å². The molecule has 0 radical (unpaired) electrons. The number of aliphatic hydroxyl groups is 1. The van der Waals surface area contributed by atoms with Crippen LogP contribution < -0.4 is 32.3 Å². The third kappa shape index (κ3) is 23.1. The molecule has 0 heterocycles. The van der Waals surface area contributed by atoms with Gasteiger partial charge in [0.1, 0.15) is 36.5 Å². The Kier molecular flexibility index (Phi) is 23.0. The predicted molar refractivity (Wildman–Crippen MR) is 168 cm³/mol. The number of hydrogen-bond donors (Lipinski definition) is 10. The van der Waals surface area contributed by atoms with Gasteiger partial charge in [0.25, 0.3) is 10.1 Å². The highest BCUT2D eigenvalue weighted by Gasteiger charge is 2.30. The van der Waals surface area contributed by atoms with Crippen LogP contribution in [0.4, 0.5) is 0 Å². The van der Waals surface area contributed by atoms with Gasteiger partial charge in [0.05, 0.1) is 26.4 Å².